The Morgan fingerprint density at radius 1 is 1.57 bits per heavy atom. The minimum absolute atomic E-state index is 0.00990. The summed E-state index contributed by atoms with van der Waals surface area (Å²) in [7, 11) is 1.86. The van der Waals surface area contributed by atoms with Gasteiger partial charge in [0, 0.05) is 25.4 Å². The molecule has 0 aliphatic carbocycles. The van der Waals surface area contributed by atoms with Crippen molar-refractivity contribution in [2.75, 3.05) is 25.6 Å². The molecule has 0 saturated carbocycles. The maximum Gasteiger partial charge on any atom is 0.226 e. The fraction of sp³-hybridized carbons (Fsp3) is 0.900. The van der Waals surface area contributed by atoms with E-state index in [4.69, 9.17) is 5.73 Å². The zero-order chi connectivity index (χ0) is 11.1. The average molecular weight is 218 g/mol. The van der Waals surface area contributed by atoms with E-state index in [1.165, 1.54) is 0 Å². The molecule has 0 aromatic carbocycles. The van der Waals surface area contributed by atoms with Gasteiger partial charge in [0.1, 0.15) is 0 Å². The maximum atomic E-state index is 11.9. The van der Waals surface area contributed by atoms with E-state index in [2.05, 4.69) is 13.2 Å². The van der Waals surface area contributed by atoms with Crippen molar-refractivity contribution >= 4 is 17.7 Å². The lowest BCUT2D eigenvalue weighted by molar-refractivity contribution is -0.135. The summed E-state index contributed by atoms with van der Waals surface area (Å²) in [6.07, 6.45) is 2.88. The lowest BCUT2D eigenvalue weighted by Crippen LogP contribution is -2.42. The molecule has 0 aliphatic heterocycles. The summed E-state index contributed by atoms with van der Waals surface area (Å²) >= 11 is 1.76. The van der Waals surface area contributed by atoms with E-state index in [1.807, 2.05) is 18.9 Å². The van der Waals surface area contributed by atoms with Gasteiger partial charge < -0.3 is 10.6 Å². The highest BCUT2D eigenvalue weighted by atomic mass is 32.2. The van der Waals surface area contributed by atoms with Crippen molar-refractivity contribution in [3.63, 3.8) is 0 Å². The number of thioether (sulfide) groups is 1. The van der Waals surface area contributed by atoms with Crippen LogP contribution in [0, 0.1) is 5.92 Å². The fourth-order valence-corrected chi connectivity index (χ4v) is 2.01. The van der Waals surface area contributed by atoms with Crippen molar-refractivity contribution in [3.05, 3.63) is 0 Å². The third kappa shape index (κ3) is 3.88. The Hall–Kier alpha value is -0.220. The lowest BCUT2D eigenvalue weighted by atomic mass is 10.1. The quantitative estimate of drug-likeness (QED) is 0.728. The molecule has 0 rings (SSSR count). The smallest absolute Gasteiger partial charge is 0.226 e. The number of hydrogen-bond acceptors (Lipinski definition) is 3. The Bertz CT molecular complexity index is 172. The molecule has 0 aromatic rings. The molecule has 0 aliphatic rings. The maximum absolute atomic E-state index is 11.9. The molecule has 0 heterocycles. The highest BCUT2D eigenvalue weighted by Crippen LogP contribution is 2.10. The molecule has 0 radical (unpaired) electrons. The summed E-state index contributed by atoms with van der Waals surface area (Å²) in [5, 5.41) is 0. The SMILES string of the molecule is CCC(CN)C(=O)N(C)C(C)CSC. The van der Waals surface area contributed by atoms with Gasteiger partial charge in [0.15, 0.2) is 0 Å². The van der Waals surface area contributed by atoms with Gasteiger partial charge in [-0.15, -0.1) is 0 Å². The van der Waals surface area contributed by atoms with Gasteiger partial charge in [-0.2, -0.15) is 11.8 Å². The summed E-state index contributed by atoms with van der Waals surface area (Å²) in [5.74, 6) is 1.14. The predicted molar refractivity (Wildman–Crippen MR) is 63.4 cm³/mol. The Kier molecular flexibility index (Phi) is 7.01. The minimum atomic E-state index is -0.00990. The van der Waals surface area contributed by atoms with Crippen LogP contribution in [0.1, 0.15) is 20.3 Å². The standard InChI is InChI=1S/C10H22N2OS/c1-5-9(6-11)10(13)12(3)8(2)7-14-4/h8-9H,5-7,11H2,1-4H3. The van der Waals surface area contributed by atoms with Crippen LogP contribution in [-0.2, 0) is 4.79 Å². The van der Waals surface area contributed by atoms with Crippen LogP contribution in [0.5, 0.6) is 0 Å². The zero-order valence-electron chi connectivity index (χ0n) is 9.62. The summed E-state index contributed by atoms with van der Waals surface area (Å²) in [4.78, 5) is 13.7. The number of nitrogens with zero attached hydrogens (tertiary/aromatic N) is 1. The van der Waals surface area contributed by atoms with E-state index in [-0.39, 0.29) is 17.9 Å². The molecule has 0 aromatic heterocycles. The van der Waals surface area contributed by atoms with Crippen molar-refractivity contribution in [2.24, 2.45) is 11.7 Å². The second kappa shape index (κ2) is 7.12. The van der Waals surface area contributed by atoms with E-state index in [0.717, 1.165) is 12.2 Å². The van der Waals surface area contributed by atoms with Gasteiger partial charge in [-0.3, -0.25) is 4.79 Å². The minimum Gasteiger partial charge on any atom is -0.342 e. The van der Waals surface area contributed by atoms with Crippen LogP contribution in [-0.4, -0.2) is 42.4 Å². The van der Waals surface area contributed by atoms with E-state index in [9.17, 15) is 4.79 Å². The molecule has 2 unspecified atom stereocenters. The molecule has 2 atom stereocenters. The molecule has 14 heavy (non-hydrogen) atoms. The van der Waals surface area contributed by atoms with Crippen LogP contribution in [0.4, 0.5) is 0 Å². The molecule has 0 saturated heterocycles. The van der Waals surface area contributed by atoms with Crippen molar-refractivity contribution in [1.82, 2.24) is 4.90 Å². The predicted octanol–water partition coefficient (Wildman–Crippen LogP) is 1.18. The number of amides is 1. The molecular formula is C10H22N2OS. The van der Waals surface area contributed by atoms with Gasteiger partial charge in [0.05, 0.1) is 5.92 Å². The summed E-state index contributed by atoms with van der Waals surface area (Å²) < 4.78 is 0. The molecular weight excluding hydrogens is 196 g/mol. The van der Waals surface area contributed by atoms with E-state index in [1.54, 1.807) is 11.8 Å². The topological polar surface area (TPSA) is 46.3 Å². The third-order valence-corrected chi connectivity index (χ3v) is 3.36. The van der Waals surface area contributed by atoms with Crippen LogP contribution in [0.15, 0.2) is 0 Å². The lowest BCUT2D eigenvalue weighted by Gasteiger charge is -2.27. The average Bonchev–Trinajstić information content (AvgIpc) is 2.18. The monoisotopic (exact) mass is 218 g/mol. The van der Waals surface area contributed by atoms with Crippen molar-refractivity contribution < 1.29 is 4.79 Å². The molecule has 0 spiro atoms. The van der Waals surface area contributed by atoms with Gasteiger partial charge in [0.25, 0.3) is 0 Å². The van der Waals surface area contributed by atoms with Crippen LogP contribution < -0.4 is 5.73 Å². The first-order valence-corrected chi connectivity index (χ1v) is 6.43. The van der Waals surface area contributed by atoms with Crippen LogP contribution >= 0.6 is 11.8 Å². The zero-order valence-corrected chi connectivity index (χ0v) is 10.4. The van der Waals surface area contributed by atoms with E-state index < -0.39 is 0 Å². The number of carbonyl (C=O) groups is 1. The first-order valence-electron chi connectivity index (χ1n) is 5.04. The van der Waals surface area contributed by atoms with Gasteiger partial charge in [-0.1, -0.05) is 6.92 Å². The first kappa shape index (κ1) is 13.8. The Morgan fingerprint density at radius 2 is 2.14 bits per heavy atom. The van der Waals surface area contributed by atoms with Gasteiger partial charge in [-0.25, -0.2) is 0 Å². The molecule has 0 fully saturated rings. The van der Waals surface area contributed by atoms with Crippen molar-refractivity contribution in [3.8, 4) is 0 Å². The third-order valence-electron chi connectivity index (χ3n) is 2.54. The van der Waals surface area contributed by atoms with Gasteiger partial charge >= 0.3 is 0 Å². The van der Waals surface area contributed by atoms with Crippen LogP contribution in [0.3, 0.4) is 0 Å². The molecule has 0 bridgehead atoms. The second-order valence-corrected chi connectivity index (χ2v) is 4.51. The molecule has 3 nitrogen and oxygen atoms in total. The van der Waals surface area contributed by atoms with Crippen molar-refractivity contribution in [2.45, 2.75) is 26.3 Å². The van der Waals surface area contributed by atoms with Crippen LogP contribution in [0.2, 0.25) is 0 Å². The summed E-state index contributed by atoms with van der Waals surface area (Å²) in [6.45, 7) is 4.52. The number of hydrogen-bond donors (Lipinski definition) is 1. The van der Waals surface area contributed by atoms with Crippen LogP contribution in [0.25, 0.3) is 0 Å². The fourth-order valence-electron chi connectivity index (χ4n) is 1.30. The Morgan fingerprint density at radius 3 is 2.50 bits per heavy atom. The summed E-state index contributed by atoms with van der Waals surface area (Å²) in [6, 6.07) is 0.290. The molecule has 4 heteroatoms. The number of carbonyl (C=O) groups excluding carboxylic acids is 1. The molecule has 1 amide bonds. The normalized spacial score (nSPS) is 14.9. The Labute approximate surface area is 91.4 Å². The molecule has 84 valence electrons. The highest BCUT2D eigenvalue weighted by Gasteiger charge is 2.21. The van der Waals surface area contributed by atoms with Gasteiger partial charge in [-0.05, 0) is 19.6 Å². The largest absolute Gasteiger partial charge is 0.342 e. The Balaban J connectivity index is 4.21. The number of rotatable bonds is 6. The highest BCUT2D eigenvalue weighted by molar-refractivity contribution is 7.98. The molecule has 2 N–H and O–H groups in total. The number of nitrogens with two attached hydrogens (primary N) is 1. The second-order valence-electron chi connectivity index (χ2n) is 3.59. The van der Waals surface area contributed by atoms with E-state index in [0.29, 0.717) is 6.54 Å². The first-order chi connectivity index (χ1) is 6.58. The van der Waals surface area contributed by atoms with Crippen molar-refractivity contribution in [1.29, 1.82) is 0 Å². The van der Waals surface area contributed by atoms with Gasteiger partial charge in [0.2, 0.25) is 5.91 Å². The summed E-state index contributed by atoms with van der Waals surface area (Å²) in [5.41, 5.74) is 5.54. The van der Waals surface area contributed by atoms with E-state index >= 15 is 0 Å².